The first kappa shape index (κ1) is 13.9. The molecule has 0 aromatic carbocycles. The average molecular weight is 273 g/mol. The van der Waals surface area contributed by atoms with Crippen molar-refractivity contribution in [2.24, 2.45) is 5.73 Å². The molecule has 0 aliphatic carbocycles. The van der Waals surface area contributed by atoms with E-state index in [1.54, 1.807) is 32.0 Å². The zero-order valence-electron chi connectivity index (χ0n) is 11.2. The van der Waals surface area contributed by atoms with Gasteiger partial charge in [-0.2, -0.15) is 0 Å². The number of rotatable bonds is 4. The monoisotopic (exact) mass is 273 g/mol. The Labute approximate surface area is 115 Å². The van der Waals surface area contributed by atoms with Crippen LogP contribution in [0.5, 0.6) is 0 Å². The molecular weight excluding hydrogens is 258 g/mol. The van der Waals surface area contributed by atoms with Crippen LogP contribution < -0.4 is 11.1 Å². The normalized spacial score (nSPS) is 11.2. The van der Waals surface area contributed by atoms with Gasteiger partial charge in [-0.1, -0.05) is 6.07 Å². The molecule has 20 heavy (non-hydrogen) atoms. The van der Waals surface area contributed by atoms with Crippen molar-refractivity contribution in [2.75, 3.05) is 5.32 Å². The Morgan fingerprint density at radius 1 is 1.40 bits per heavy atom. The molecule has 0 bridgehead atoms. The second-order valence-corrected chi connectivity index (χ2v) is 4.74. The second kappa shape index (κ2) is 5.22. The zero-order chi connectivity index (χ0) is 14.8. The van der Waals surface area contributed by atoms with Gasteiger partial charge in [0.25, 0.3) is 5.91 Å². The molecule has 0 fully saturated rings. The molecule has 7 nitrogen and oxygen atoms in total. The van der Waals surface area contributed by atoms with Gasteiger partial charge in [0.2, 0.25) is 0 Å². The third kappa shape index (κ3) is 3.07. The molecule has 0 saturated heterocycles. The highest BCUT2D eigenvalue weighted by Gasteiger charge is 2.18. The summed E-state index contributed by atoms with van der Waals surface area (Å²) in [6, 6.07) is 5.15. The van der Waals surface area contributed by atoms with Crippen LogP contribution in [0.25, 0.3) is 0 Å². The van der Waals surface area contributed by atoms with Gasteiger partial charge in [-0.25, -0.2) is 15.0 Å². The Morgan fingerprint density at radius 2 is 2.15 bits per heavy atom. The molecule has 1 amide bonds. The topological polar surface area (TPSA) is 114 Å². The maximum Gasteiger partial charge on any atom is 0.254 e. The fraction of sp³-hybridized carbons (Fsp3) is 0.231. The first-order valence-corrected chi connectivity index (χ1v) is 5.94. The van der Waals surface area contributed by atoms with Crippen molar-refractivity contribution in [3.05, 3.63) is 42.0 Å². The summed E-state index contributed by atoms with van der Waals surface area (Å²) in [5.41, 5.74) is 4.86. The van der Waals surface area contributed by atoms with Gasteiger partial charge in [0.15, 0.2) is 0 Å². The number of aromatic nitrogens is 3. The van der Waals surface area contributed by atoms with Crippen LogP contribution in [0.15, 0.2) is 30.7 Å². The van der Waals surface area contributed by atoms with Gasteiger partial charge in [0.05, 0.1) is 5.69 Å². The number of primary amides is 1. The van der Waals surface area contributed by atoms with Crippen molar-refractivity contribution in [2.45, 2.75) is 19.4 Å². The summed E-state index contributed by atoms with van der Waals surface area (Å²) >= 11 is 0. The van der Waals surface area contributed by atoms with Crippen LogP contribution in [-0.2, 0) is 5.60 Å². The van der Waals surface area contributed by atoms with Crippen molar-refractivity contribution >= 4 is 17.5 Å². The van der Waals surface area contributed by atoms with Gasteiger partial charge >= 0.3 is 0 Å². The second-order valence-electron chi connectivity index (χ2n) is 4.74. The van der Waals surface area contributed by atoms with Crippen molar-refractivity contribution in [3.63, 3.8) is 0 Å². The van der Waals surface area contributed by atoms with Crippen LogP contribution in [-0.4, -0.2) is 26.0 Å². The van der Waals surface area contributed by atoms with E-state index in [2.05, 4.69) is 20.3 Å². The number of nitrogens with one attached hydrogen (secondary N) is 1. The standard InChI is InChI=1S/C13H15N5O2/c1-13(2,20)9-4-3-5-10(17-9)18-12-8(11(14)19)6-15-7-16-12/h3-7,20H,1-2H3,(H2,14,19)(H,15,16,17,18). The first-order chi connectivity index (χ1) is 9.38. The summed E-state index contributed by atoms with van der Waals surface area (Å²) in [7, 11) is 0. The Morgan fingerprint density at radius 3 is 2.80 bits per heavy atom. The summed E-state index contributed by atoms with van der Waals surface area (Å²) in [6.07, 6.45) is 2.63. The Kier molecular flexibility index (Phi) is 3.62. The maximum absolute atomic E-state index is 11.3. The number of carbonyl (C=O) groups excluding carboxylic acids is 1. The minimum absolute atomic E-state index is 0.169. The van der Waals surface area contributed by atoms with Gasteiger partial charge in [-0.15, -0.1) is 0 Å². The molecule has 2 aromatic rings. The molecule has 2 rings (SSSR count). The van der Waals surface area contributed by atoms with Crippen LogP contribution >= 0.6 is 0 Å². The number of nitrogens with two attached hydrogens (primary N) is 1. The molecule has 104 valence electrons. The smallest absolute Gasteiger partial charge is 0.254 e. The quantitative estimate of drug-likeness (QED) is 0.764. The highest BCUT2D eigenvalue weighted by atomic mass is 16.3. The number of pyridine rings is 1. The fourth-order valence-corrected chi connectivity index (χ4v) is 1.58. The highest BCUT2D eigenvalue weighted by Crippen LogP contribution is 2.21. The third-order valence-electron chi connectivity index (χ3n) is 2.60. The molecule has 0 atom stereocenters. The molecule has 4 N–H and O–H groups in total. The lowest BCUT2D eigenvalue weighted by Gasteiger charge is -2.17. The fourth-order valence-electron chi connectivity index (χ4n) is 1.58. The number of hydrogen-bond donors (Lipinski definition) is 3. The van der Waals surface area contributed by atoms with Crippen LogP contribution in [0.3, 0.4) is 0 Å². The number of hydrogen-bond acceptors (Lipinski definition) is 6. The van der Waals surface area contributed by atoms with Gasteiger partial charge in [0, 0.05) is 6.20 Å². The van der Waals surface area contributed by atoms with E-state index in [-0.39, 0.29) is 11.4 Å². The molecule has 2 heterocycles. The lowest BCUT2D eigenvalue weighted by Crippen LogP contribution is -2.18. The highest BCUT2D eigenvalue weighted by molar-refractivity contribution is 5.97. The van der Waals surface area contributed by atoms with E-state index >= 15 is 0 Å². The van der Waals surface area contributed by atoms with Gasteiger partial charge in [-0.05, 0) is 26.0 Å². The molecule has 0 aliphatic heterocycles. The summed E-state index contributed by atoms with van der Waals surface area (Å²) in [4.78, 5) is 23.3. The SMILES string of the molecule is CC(C)(O)c1cccc(Nc2ncncc2C(N)=O)n1. The first-order valence-electron chi connectivity index (χ1n) is 5.94. The van der Waals surface area contributed by atoms with Gasteiger partial charge in [0.1, 0.15) is 29.1 Å². The van der Waals surface area contributed by atoms with Crippen LogP contribution in [0.1, 0.15) is 29.9 Å². The number of anilines is 2. The largest absolute Gasteiger partial charge is 0.384 e. The Balaban J connectivity index is 2.34. The summed E-state index contributed by atoms with van der Waals surface area (Å²) < 4.78 is 0. The minimum atomic E-state index is -1.06. The molecule has 0 saturated carbocycles. The predicted octanol–water partition coefficient (Wildman–Crippen LogP) is 0.942. The Hall–Kier alpha value is -2.54. The van der Waals surface area contributed by atoms with Crippen LogP contribution in [0, 0.1) is 0 Å². The van der Waals surface area contributed by atoms with Crippen molar-refractivity contribution in [1.29, 1.82) is 0 Å². The number of carbonyl (C=O) groups is 1. The van der Waals surface area contributed by atoms with E-state index in [1.807, 2.05) is 0 Å². The van der Waals surface area contributed by atoms with Crippen molar-refractivity contribution in [3.8, 4) is 0 Å². The molecule has 0 radical (unpaired) electrons. The summed E-state index contributed by atoms with van der Waals surface area (Å²) in [5, 5.41) is 12.8. The van der Waals surface area contributed by atoms with Gasteiger partial charge < -0.3 is 16.2 Å². The van der Waals surface area contributed by atoms with Crippen molar-refractivity contribution in [1.82, 2.24) is 15.0 Å². The lowest BCUT2D eigenvalue weighted by molar-refractivity contribution is 0.0740. The number of aliphatic hydroxyl groups is 1. The van der Waals surface area contributed by atoms with Gasteiger partial charge in [-0.3, -0.25) is 4.79 Å². The predicted molar refractivity (Wildman–Crippen MR) is 73.3 cm³/mol. The molecule has 0 aliphatic rings. The van der Waals surface area contributed by atoms with Crippen LogP contribution in [0.2, 0.25) is 0 Å². The zero-order valence-corrected chi connectivity index (χ0v) is 11.2. The minimum Gasteiger partial charge on any atom is -0.384 e. The summed E-state index contributed by atoms with van der Waals surface area (Å²) in [5.74, 6) is 0.0884. The third-order valence-corrected chi connectivity index (χ3v) is 2.60. The van der Waals surface area contributed by atoms with E-state index in [4.69, 9.17) is 5.73 Å². The van der Waals surface area contributed by atoms with E-state index in [1.165, 1.54) is 12.5 Å². The molecule has 0 spiro atoms. The maximum atomic E-state index is 11.3. The average Bonchev–Trinajstić information content (AvgIpc) is 2.38. The van der Waals surface area contributed by atoms with E-state index in [0.717, 1.165) is 0 Å². The number of amides is 1. The van der Waals surface area contributed by atoms with Crippen LogP contribution in [0.4, 0.5) is 11.6 Å². The van der Waals surface area contributed by atoms with Crippen molar-refractivity contribution < 1.29 is 9.90 Å². The number of nitrogens with zero attached hydrogens (tertiary/aromatic N) is 3. The molecule has 0 unspecified atom stereocenters. The molecule has 2 aromatic heterocycles. The van der Waals surface area contributed by atoms with E-state index < -0.39 is 11.5 Å². The summed E-state index contributed by atoms with van der Waals surface area (Å²) in [6.45, 7) is 3.28. The lowest BCUT2D eigenvalue weighted by atomic mass is 10.1. The Bertz CT molecular complexity index is 637. The molecule has 7 heteroatoms. The molecular formula is C13H15N5O2. The van der Waals surface area contributed by atoms with E-state index in [0.29, 0.717) is 11.5 Å². The van der Waals surface area contributed by atoms with E-state index in [9.17, 15) is 9.90 Å².